The van der Waals surface area contributed by atoms with Gasteiger partial charge in [0.15, 0.2) is 0 Å². The minimum Gasteiger partial charge on any atom is -0.466 e. The van der Waals surface area contributed by atoms with E-state index in [0.717, 1.165) is 56.5 Å². The molecule has 1 amide bonds. The predicted octanol–water partition coefficient (Wildman–Crippen LogP) is 2.96. The zero-order valence-corrected chi connectivity index (χ0v) is 18.6. The van der Waals surface area contributed by atoms with Gasteiger partial charge in [0.25, 0.3) is 11.5 Å². The molecular weight excluding hydrogens is 406 g/mol. The Morgan fingerprint density at radius 1 is 1.12 bits per heavy atom. The Bertz CT molecular complexity index is 1020. The smallest absolute Gasteiger partial charge is 0.309 e. The second-order valence-corrected chi connectivity index (χ2v) is 8.65. The minimum atomic E-state index is -0.370. The average molecular weight is 438 g/mol. The van der Waals surface area contributed by atoms with Crippen LogP contribution in [-0.2, 0) is 22.5 Å². The summed E-state index contributed by atoms with van der Waals surface area (Å²) in [5.41, 5.74) is 2.94. The van der Waals surface area contributed by atoms with Gasteiger partial charge in [-0.15, -0.1) is 0 Å². The van der Waals surface area contributed by atoms with Gasteiger partial charge >= 0.3 is 5.97 Å². The first-order valence-electron chi connectivity index (χ1n) is 11.5. The summed E-state index contributed by atoms with van der Waals surface area (Å²) < 4.78 is 5.12. The second kappa shape index (κ2) is 10.1. The summed E-state index contributed by atoms with van der Waals surface area (Å²) in [6, 6.07) is 11.5. The fourth-order valence-electron chi connectivity index (χ4n) is 4.75. The van der Waals surface area contributed by atoms with Crippen molar-refractivity contribution in [3.05, 3.63) is 69.1 Å². The number of hydrogen-bond donors (Lipinski definition) is 2. The molecule has 0 bridgehead atoms. The summed E-state index contributed by atoms with van der Waals surface area (Å²) >= 11 is 0. The quantitative estimate of drug-likeness (QED) is 0.678. The van der Waals surface area contributed by atoms with Crippen LogP contribution in [0.15, 0.2) is 41.2 Å². The highest BCUT2D eigenvalue weighted by Crippen LogP contribution is 2.29. The molecule has 0 radical (unpaired) electrons. The number of amides is 1. The van der Waals surface area contributed by atoms with Crippen molar-refractivity contribution >= 4 is 11.9 Å². The summed E-state index contributed by atoms with van der Waals surface area (Å²) in [6.07, 6.45) is 4.43. The normalized spacial score (nSPS) is 19.2. The van der Waals surface area contributed by atoms with E-state index in [2.05, 4.69) is 27.3 Å². The molecule has 0 spiro atoms. The van der Waals surface area contributed by atoms with Crippen LogP contribution in [0.3, 0.4) is 0 Å². The zero-order valence-electron chi connectivity index (χ0n) is 18.6. The maximum Gasteiger partial charge on any atom is 0.309 e. The van der Waals surface area contributed by atoms with Crippen molar-refractivity contribution in [3.8, 4) is 0 Å². The van der Waals surface area contributed by atoms with Crippen LogP contribution in [0, 0.1) is 5.92 Å². The number of rotatable bonds is 6. The number of fused-ring (bicyclic) bond motifs is 1. The Kier molecular flexibility index (Phi) is 7.05. The van der Waals surface area contributed by atoms with Crippen molar-refractivity contribution in [2.45, 2.75) is 51.6 Å². The molecule has 2 aromatic rings. The summed E-state index contributed by atoms with van der Waals surface area (Å²) in [7, 11) is 0. The topological polar surface area (TPSA) is 91.5 Å². The van der Waals surface area contributed by atoms with E-state index in [-0.39, 0.29) is 35.0 Å². The minimum absolute atomic E-state index is 0.0405. The lowest BCUT2D eigenvalue weighted by molar-refractivity contribution is -0.149. The maximum absolute atomic E-state index is 12.8. The van der Waals surface area contributed by atoms with Gasteiger partial charge in [-0.2, -0.15) is 0 Å². The largest absolute Gasteiger partial charge is 0.466 e. The number of pyridine rings is 1. The van der Waals surface area contributed by atoms with Crippen molar-refractivity contribution in [2.75, 3.05) is 19.7 Å². The van der Waals surface area contributed by atoms with Crippen molar-refractivity contribution in [1.82, 2.24) is 15.2 Å². The van der Waals surface area contributed by atoms with Gasteiger partial charge in [0.05, 0.1) is 18.6 Å². The summed E-state index contributed by atoms with van der Waals surface area (Å²) in [6.45, 7) is 4.36. The van der Waals surface area contributed by atoms with E-state index in [1.54, 1.807) is 6.07 Å². The third-order valence-corrected chi connectivity index (χ3v) is 6.49. The molecule has 7 nitrogen and oxygen atoms in total. The molecule has 1 fully saturated rings. The Labute approximate surface area is 188 Å². The molecule has 32 heavy (non-hydrogen) atoms. The number of carbonyl (C=O) groups is 2. The van der Waals surface area contributed by atoms with Crippen molar-refractivity contribution in [1.29, 1.82) is 0 Å². The monoisotopic (exact) mass is 437 g/mol. The number of nitrogens with zero attached hydrogens (tertiary/aromatic N) is 1. The Morgan fingerprint density at radius 3 is 2.66 bits per heavy atom. The van der Waals surface area contributed by atoms with Gasteiger partial charge in [-0.3, -0.25) is 19.3 Å². The average Bonchev–Trinajstić information content (AvgIpc) is 2.80. The third-order valence-electron chi connectivity index (χ3n) is 6.49. The molecule has 1 aliphatic heterocycles. The predicted molar refractivity (Wildman–Crippen MR) is 121 cm³/mol. The van der Waals surface area contributed by atoms with Crippen molar-refractivity contribution in [2.24, 2.45) is 5.92 Å². The zero-order chi connectivity index (χ0) is 22.5. The Morgan fingerprint density at radius 2 is 1.91 bits per heavy atom. The van der Waals surface area contributed by atoms with Gasteiger partial charge in [0, 0.05) is 12.2 Å². The lowest BCUT2D eigenvalue weighted by Crippen LogP contribution is -2.37. The van der Waals surface area contributed by atoms with Crippen LogP contribution in [0.1, 0.15) is 65.8 Å². The van der Waals surface area contributed by atoms with E-state index >= 15 is 0 Å². The number of likely N-dealkylation sites (tertiary alicyclic amines) is 1. The first-order chi connectivity index (χ1) is 15.5. The van der Waals surface area contributed by atoms with Crippen LogP contribution in [0.4, 0.5) is 0 Å². The molecule has 4 rings (SSSR count). The summed E-state index contributed by atoms with van der Waals surface area (Å²) in [4.78, 5) is 42.4. The third kappa shape index (κ3) is 5.10. The van der Waals surface area contributed by atoms with E-state index in [0.29, 0.717) is 13.2 Å². The lowest BCUT2D eigenvalue weighted by atomic mass is 9.87. The Balaban J connectivity index is 1.35. The molecule has 7 heteroatoms. The van der Waals surface area contributed by atoms with E-state index in [4.69, 9.17) is 4.74 Å². The van der Waals surface area contributed by atoms with Crippen LogP contribution in [0.5, 0.6) is 0 Å². The molecule has 1 aliphatic carbocycles. The molecule has 1 unspecified atom stereocenters. The highest BCUT2D eigenvalue weighted by Gasteiger charge is 2.26. The number of piperidine rings is 1. The van der Waals surface area contributed by atoms with Crippen LogP contribution >= 0.6 is 0 Å². The Hall–Kier alpha value is -2.93. The van der Waals surface area contributed by atoms with E-state index in [1.807, 2.05) is 25.1 Å². The van der Waals surface area contributed by atoms with Crippen LogP contribution in [0.2, 0.25) is 0 Å². The molecule has 1 aromatic heterocycles. The standard InChI is InChI=1S/C25H31N3O4/c1-2-32-25(31)18-12-14-28(15-13-18)16-19-10-11-21(23(29)26-19)24(30)27-22-9-5-7-17-6-3-4-8-20(17)22/h3-4,6,8,10-11,18,22H,2,5,7,9,12-16H2,1H3,(H,26,29)(H,27,30). The van der Waals surface area contributed by atoms with Gasteiger partial charge in [-0.05, 0) is 75.4 Å². The fraction of sp³-hybridized carbons (Fsp3) is 0.480. The SMILES string of the molecule is CCOC(=O)C1CCN(Cc2ccc(C(=O)NC3CCCc4ccccc43)c(=O)[nH]2)CC1. The first kappa shape index (κ1) is 22.3. The van der Waals surface area contributed by atoms with Gasteiger partial charge in [-0.1, -0.05) is 24.3 Å². The molecule has 2 N–H and O–H groups in total. The summed E-state index contributed by atoms with van der Waals surface area (Å²) in [5.74, 6) is -0.493. The van der Waals surface area contributed by atoms with Crippen LogP contribution < -0.4 is 10.9 Å². The number of aromatic nitrogens is 1. The number of hydrogen-bond acceptors (Lipinski definition) is 5. The number of carbonyl (C=O) groups excluding carboxylic acids is 2. The van der Waals surface area contributed by atoms with Crippen molar-refractivity contribution < 1.29 is 14.3 Å². The molecule has 1 saturated heterocycles. The van der Waals surface area contributed by atoms with Crippen molar-refractivity contribution in [3.63, 3.8) is 0 Å². The molecule has 2 heterocycles. The molecule has 170 valence electrons. The lowest BCUT2D eigenvalue weighted by Gasteiger charge is -2.30. The molecule has 1 aromatic carbocycles. The maximum atomic E-state index is 12.8. The number of benzene rings is 1. The number of aryl methyl sites for hydroxylation is 1. The molecule has 2 aliphatic rings. The molecular formula is C25H31N3O4. The number of esters is 1. The van der Waals surface area contributed by atoms with Crippen LogP contribution in [0.25, 0.3) is 0 Å². The van der Waals surface area contributed by atoms with E-state index in [1.165, 1.54) is 5.56 Å². The molecule has 1 atom stereocenters. The second-order valence-electron chi connectivity index (χ2n) is 8.65. The number of nitrogens with one attached hydrogen (secondary N) is 2. The number of H-pyrrole nitrogens is 1. The van der Waals surface area contributed by atoms with Crippen LogP contribution in [-0.4, -0.2) is 41.5 Å². The van der Waals surface area contributed by atoms with Gasteiger partial charge in [0.1, 0.15) is 5.56 Å². The van der Waals surface area contributed by atoms with Gasteiger partial charge < -0.3 is 15.0 Å². The van der Waals surface area contributed by atoms with Gasteiger partial charge in [0.2, 0.25) is 0 Å². The fourth-order valence-corrected chi connectivity index (χ4v) is 4.75. The highest BCUT2D eigenvalue weighted by molar-refractivity contribution is 5.94. The number of ether oxygens (including phenoxy) is 1. The summed E-state index contributed by atoms with van der Waals surface area (Å²) in [5, 5.41) is 3.05. The molecule has 0 saturated carbocycles. The highest BCUT2D eigenvalue weighted by atomic mass is 16.5. The van der Waals surface area contributed by atoms with E-state index < -0.39 is 0 Å². The van der Waals surface area contributed by atoms with E-state index in [9.17, 15) is 14.4 Å². The van der Waals surface area contributed by atoms with Gasteiger partial charge in [-0.25, -0.2) is 0 Å². The first-order valence-corrected chi connectivity index (χ1v) is 11.5. The number of aromatic amines is 1.